The van der Waals surface area contributed by atoms with Gasteiger partial charge in [0.05, 0.1) is 0 Å². The van der Waals surface area contributed by atoms with Crippen molar-refractivity contribution in [1.82, 2.24) is 5.32 Å². The number of carboxylic acid groups (broad SMARTS) is 1. The fourth-order valence-corrected chi connectivity index (χ4v) is 0.984. The van der Waals surface area contributed by atoms with Gasteiger partial charge in [0, 0.05) is 0 Å². The molecule has 0 rings (SSSR count). The normalized spacial score (nSPS) is 13.5. The molecule has 0 aromatic carbocycles. The van der Waals surface area contributed by atoms with E-state index in [9.17, 15) is 9.59 Å². The second-order valence-electron chi connectivity index (χ2n) is 4.17. The second kappa shape index (κ2) is 4.11. The second-order valence-corrected chi connectivity index (χ2v) is 4.17. The Kier molecular flexibility index (Phi) is 3.71. The summed E-state index contributed by atoms with van der Waals surface area (Å²) in [7, 11) is 0. The first-order valence-corrected chi connectivity index (χ1v) is 4.01. The summed E-state index contributed by atoms with van der Waals surface area (Å²) in [6.07, 6.45) is -0.831. The van der Waals surface area contributed by atoms with Crippen LogP contribution in [0.4, 0.5) is 4.79 Å². The molecule has 13 heavy (non-hydrogen) atoms. The van der Waals surface area contributed by atoms with Gasteiger partial charge in [0.25, 0.3) is 0 Å². The van der Waals surface area contributed by atoms with Gasteiger partial charge in [0.1, 0.15) is 6.04 Å². The molecule has 0 unspecified atom stereocenters. The molecule has 2 amide bonds. The highest BCUT2D eigenvalue weighted by molar-refractivity contribution is 5.83. The molecule has 0 aromatic heterocycles. The monoisotopic (exact) mass is 188 g/mol. The zero-order valence-electron chi connectivity index (χ0n) is 8.13. The quantitative estimate of drug-likeness (QED) is 0.603. The lowest BCUT2D eigenvalue weighted by molar-refractivity contribution is -0.120. The third-order valence-corrected chi connectivity index (χ3v) is 1.46. The molecule has 5 heteroatoms. The van der Waals surface area contributed by atoms with E-state index in [1.807, 2.05) is 20.8 Å². The van der Waals surface area contributed by atoms with E-state index in [0.29, 0.717) is 6.42 Å². The first-order valence-electron chi connectivity index (χ1n) is 4.01. The van der Waals surface area contributed by atoms with Gasteiger partial charge in [-0.2, -0.15) is 0 Å². The number of carbonyl (C=O) groups is 2. The van der Waals surface area contributed by atoms with E-state index < -0.39 is 18.0 Å². The van der Waals surface area contributed by atoms with Gasteiger partial charge in [0.15, 0.2) is 0 Å². The molecule has 0 spiro atoms. The van der Waals surface area contributed by atoms with Gasteiger partial charge in [-0.15, -0.1) is 0 Å². The summed E-state index contributed by atoms with van der Waals surface area (Å²) in [5.41, 5.74) is 4.89. The Balaban J connectivity index is 4.27. The first kappa shape index (κ1) is 11.7. The van der Waals surface area contributed by atoms with E-state index in [-0.39, 0.29) is 5.41 Å². The Hall–Kier alpha value is -1.26. The SMILES string of the molecule is CC(C)(C)C[C@H](NC(=O)O)C(N)=O. The average Bonchev–Trinajstić information content (AvgIpc) is 1.81. The smallest absolute Gasteiger partial charge is 0.405 e. The maximum atomic E-state index is 10.8. The minimum absolute atomic E-state index is 0.137. The summed E-state index contributed by atoms with van der Waals surface area (Å²) < 4.78 is 0. The van der Waals surface area contributed by atoms with Crippen molar-refractivity contribution in [2.75, 3.05) is 0 Å². The van der Waals surface area contributed by atoms with Crippen LogP contribution in [0.25, 0.3) is 0 Å². The van der Waals surface area contributed by atoms with E-state index in [2.05, 4.69) is 5.32 Å². The Morgan fingerprint density at radius 2 is 1.92 bits per heavy atom. The lowest BCUT2D eigenvalue weighted by atomic mass is 9.88. The summed E-state index contributed by atoms with van der Waals surface area (Å²) in [5.74, 6) is -0.641. The van der Waals surface area contributed by atoms with E-state index in [0.717, 1.165) is 0 Å². The van der Waals surface area contributed by atoms with Crippen molar-refractivity contribution in [3.05, 3.63) is 0 Å². The van der Waals surface area contributed by atoms with Crippen LogP contribution in [0.1, 0.15) is 27.2 Å². The topological polar surface area (TPSA) is 92.4 Å². The molecule has 0 aromatic rings. The van der Waals surface area contributed by atoms with Crippen LogP contribution in [-0.2, 0) is 4.79 Å². The van der Waals surface area contributed by atoms with Crippen LogP contribution in [0.5, 0.6) is 0 Å². The standard InChI is InChI=1S/C8H16N2O3/c1-8(2,3)4-5(6(9)11)10-7(12)13/h5,10H,4H2,1-3H3,(H2,9,11)(H,12,13)/t5-/m0/s1. The molecule has 0 fully saturated rings. The lowest BCUT2D eigenvalue weighted by Gasteiger charge is -2.23. The van der Waals surface area contributed by atoms with Crippen molar-refractivity contribution in [3.8, 4) is 0 Å². The van der Waals surface area contributed by atoms with Crippen LogP contribution in [0.15, 0.2) is 0 Å². The number of carbonyl (C=O) groups excluding carboxylic acids is 1. The van der Waals surface area contributed by atoms with Gasteiger partial charge in [0.2, 0.25) is 5.91 Å². The summed E-state index contributed by atoms with van der Waals surface area (Å²) in [6, 6.07) is -0.808. The van der Waals surface area contributed by atoms with E-state index >= 15 is 0 Å². The number of hydrogen-bond acceptors (Lipinski definition) is 2. The first-order chi connectivity index (χ1) is 5.72. The maximum Gasteiger partial charge on any atom is 0.405 e. The van der Waals surface area contributed by atoms with Crippen molar-refractivity contribution in [3.63, 3.8) is 0 Å². The van der Waals surface area contributed by atoms with Gasteiger partial charge in [-0.3, -0.25) is 4.79 Å². The Morgan fingerprint density at radius 1 is 1.46 bits per heavy atom. The summed E-state index contributed by atoms with van der Waals surface area (Å²) in [5, 5.41) is 10.5. The fraction of sp³-hybridized carbons (Fsp3) is 0.750. The molecule has 0 saturated heterocycles. The molecule has 0 heterocycles. The number of nitrogens with two attached hydrogens (primary N) is 1. The van der Waals surface area contributed by atoms with Gasteiger partial charge in [-0.1, -0.05) is 20.8 Å². The minimum atomic E-state index is -1.23. The summed E-state index contributed by atoms with van der Waals surface area (Å²) >= 11 is 0. The summed E-state index contributed by atoms with van der Waals surface area (Å²) in [4.78, 5) is 21.1. The zero-order chi connectivity index (χ0) is 10.6. The zero-order valence-corrected chi connectivity index (χ0v) is 8.13. The van der Waals surface area contributed by atoms with Gasteiger partial charge >= 0.3 is 6.09 Å². The Morgan fingerprint density at radius 3 is 2.15 bits per heavy atom. The van der Waals surface area contributed by atoms with Crippen LogP contribution in [0, 0.1) is 5.41 Å². The predicted molar refractivity (Wildman–Crippen MR) is 48.2 cm³/mol. The van der Waals surface area contributed by atoms with Crippen molar-refractivity contribution >= 4 is 12.0 Å². The highest BCUT2D eigenvalue weighted by Gasteiger charge is 2.24. The van der Waals surface area contributed by atoms with Crippen LogP contribution in [0.2, 0.25) is 0 Å². The molecule has 5 nitrogen and oxygen atoms in total. The van der Waals surface area contributed by atoms with E-state index in [1.165, 1.54) is 0 Å². The molecule has 0 radical (unpaired) electrons. The molecule has 0 aliphatic heterocycles. The lowest BCUT2D eigenvalue weighted by Crippen LogP contribution is -2.45. The maximum absolute atomic E-state index is 10.8. The molecule has 0 bridgehead atoms. The molecule has 76 valence electrons. The van der Waals surface area contributed by atoms with Crippen molar-refractivity contribution in [2.45, 2.75) is 33.2 Å². The highest BCUT2D eigenvalue weighted by Crippen LogP contribution is 2.20. The number of amides is 2. The third-order valence-electron chi connectivity index (χ3n) is 1.46. The molecular weight excluding hydrogens is 172 g/mol. The Bertz CT molecular complexity index is 208. The van der Waals surface area contributed by atoms with Crippen molar-refractivity contribution < 1.29 is 14.7 Å². The molecule has 4 N–H and O–H groups in total. The van der Waals surface area contributed by atoms with E-state index in [1.54, 1.807) is 0 Å². The molecule has 0 aliphatic rings. The Labute approximate surface area is 77.3 Å². The highest BCUT2D eigenvalue weighted by atomic mass is 16.4. The minimum Gasteiger partial charge on any atom is -0.465 e. The van der Waals surface area contributed by atoms with Crippen LogP contribution in [-0.4, -0.2) is 23.1 Å². The average molecular weight is 188 g/mol. The van der Waals surface area contributed by atoms with Crippen LogP contribution < -0.4 is 11.1 Å². The van der Waals surface area contributed by atoms with E-state index in [4.69, 9.17) is 10.8 Å². The predicted octanol–water partition coefficient (Wildman–Crippen LogP) is 0.544. The van der Waals surface area contributed by atoms with Gasteiger partial charge in [-0.25, -0.2) is 4.79 Å². The molecule has 1 atom stereocenters. The number of hydrogen-bond donors (Lipinski definition) is 3. The molecular formula is C8H16N2O3. The fourth-order valence-electron chi connectivity index (χ4n) is 0.984. The molecule has 0 aliphatic carbocycles. The largest absolute Gasteiger partial charge is 0.465 e. The van der Waals surface area contributed by atoms with Crippen molar-refractivity contribution in [2.24, 2.45) is 11.1 Å². The number of nitrogens with one attached hydrogen (secondary N) is 1. The summed E-state index contributed by atoms with van der Waals surface area (Å²) in [6.45, 7) is 5.73. The van der Waals surface area contributed by atoms with Crippen LogP contribution >= 0.6 is 0 Å². The van der Waals surface area contributed by atoms with Gasteiger partial charge < -0.3 is 16.2 Å². The van der Waals surface area contributed by atoms with Gasteiger partial charge in [-0.05, 0) is 11.8 Å². The van der Waals surface area contributed by atoms with Crippen molar-refractivity contribution in [1.29, 1.82) is 0 Å². The number of primary amides is 1. The molecule has 0 saturated carbocycles. The van der Waals surface area contributed by atoms with Crippen LogP contribution in [0.3, 0.4) is 0 Å². The third kappa shape index (κ3) is 5.95. The number of rotatable bonds is 3.